The van der Waals surface area contributed by atoms with E-state index in [9.17, 15) is 4.39 Å². The maximum atomic E-state index is 13.4. The molecule has 0 aromatic heterocycles. The summed E-state index contributed by atoms with van der Waals surface area (Å²) in [7, 11) is 0. The van der Waals surface area contributed by atoms with E-state index in [4.69, 9.17) is 9.47 Å². The summed E-state index contributed by atoms with van der Waals surface area (Å²) in [4.78, 5) is 4.37. The molecule has 4 heteroatoms. The van der Waals surface area contributed by atoms with Crippen LogP contribution in [0, 0.1) is 5.82 Å². The van der Waals surface area contributed by atoms with Crippen molar-refractivity contribution in [1.29, 1.82) is 0 Å². The summed E-state index contributed by atoms with van der Waals surface area (Å²) in [6, 6.07) is 2.85. The number of nitrogens with zero attached hydrogens (tertiary/aromatic N) is 1. The number of halogens is 1. The van der Waals surface area contributed by atoms with Gasteiger partial charge in [-0.1, -0.05) is 0 Å². The summed E-state index contributed by atoms with van der Waals surface area (Å²) in [5, 5.41) is 0. The van der Waals surface area contributed by atoms with E-state index >= 15 is 0 Å². The Morgan fingerprint density at radius 2 is 2.06 bits per heavy atom. The van der Waals surface area contributed by atoms with Crippen LogP contribution in [0.3, 0.4) is 0 Å². The number of ether oxygens (including phenoxy) is 2. The van der Waals surface area contributed by atoms with Gasteiger partial charge in [-0.15, -0.1) is 0 Å². The van der Waals surface area contributed by atoms with Gasteiger partial charge in [0.2, 0.25) is 0 Å². The van der Waals surface area contributed by atoms with Gasteiger partial charge in [-0.3, -0.25) is 4.99 Å². The van der Waals surface area contributed by atoms with E-state index in [1.165, 1.54) is 12.1 Å². The van der Waals surface area contributed by atoms with Crippen molar-refractivity contribution < 1.29 is 13.9 Å². The molecule has 2 aliphatic rings. The minimum absolute atomic E-state index is 0.297. The Bertz CT molecular complexity index is 457. The molecule has 1 aromatic rings. The van der Waals surface area contributed by atoms with Crippen LogP contribution in [-0.4, -0.2) is 25.5 Å². The normalized spacial score (nSPS) is 18.4. The predicted molar refractivity (Wildman–Crippen MR) is 58.0 cm³/mol. The van der Waals surface area contributed by atoms with Gasteiger partial charge in [-0.2, -0.15) is 0 Å². The fraction of sp³-hybridized carbons (Fsp3) is 0.417. The van der Waals surface area contributed by atoms with Crippen molar-refractivity contribution in [3.05, 3.63) is 23.5 Å². The molecule has 0 bridgehead atoms. The molecule has 0 saturated heterocycles. The molecule has 16 heavy (non-hydrogen) atoms. The Kier molecular flexibility index (Phi) is 2.27. The second-order valence-electron chi connectivity index (χ2n) is 3.91. The number of hydrogen-bond acceptors (Lipinski definition) is 3. The third-order valence-electron chi connectivity index (χ3n) is 2.79. The zero-order valence-corrected chi connectivity index (χ0v) is 8.83. The molecule has 0 unspecified atom stereocenters. The lowest BCUT2D eigenvalue weighted by Crippen LogP contribution is -2.18. The lowest BCUT2D eigenvalue weighted by Gasteiger charge is -2.21. The molecule has 3 rings (SSSR count). The number of hydrogen-bond donors (Lipinski definition) is 0. The first-order valence-corrected chi connectivity index (χ1v) is 5.47. The Morgan fingerprint density at radius 1 is 1.19 bits per heavy atom. The fourth-order valence-electron chi connectivity index (χ4n) is 2.09. The monoisotopic (exact) mass is 221 g/mol. The molecule has 2 heterocycles. The van der Waals surface area contributed by atoms with Crippen LogP contribution in [0.25, 0.3) is 0 Å². The van der Waals surface area contributed by atoms with E-state index in [1.54, 1.807) is 0 Å². The zero-order valence-electron chi connectivity index (χ0n) is 8.83. The minimum atomic E-state index is -0.297. The van der Waals surface area contributed by atoms with Crippen LogP contribution >= 0.6 is 0 Å². The number of aliphatic imine (C=N–C) groups is 1. The lowest BCUT2D eigenvalue weighted by atomic mass is 10.1. The molecule has 0 atom stereocenters. The van der Waals surface area contributed by atoms with E-state index in [0.29, 0.717) is 24.7 Å². The van der Waals surface area contributed by atoms with Crippen molar-refractivity contribution in [3.63, 3.8) is 0 Å². The molecule has 3 nitrogen and oxygen atoms in total. The van der Waals surface area contributed by atoms with Crippen LogP contribution in [0.15, 0.2) is 17.1 Å². The van der Waals surface area contributed by atoms with Gasteiger partial charge in [0.05, 0.1) is 0 Å². The summed E-state index contributed by atoms with van der Waals surface area (Å²) < 4.78 is 24.4. The van der Waals surface area contributed by atoms with Crippen LogP contribution in [0.4, 0.5) is 4.39 Å². The largest absolute Gasteiger partial charge is 0.486 e. The maximum absolute atomic E-state index is 13.4. The van der Waals surface area contributed by atoms with Gasteiger partial charge in [0.15, 0.2) is 11.5 Å². The summed E-state index contributed by atoms with van der Waals surface area (Å²) in [6.45, 7) is 1.81. The van der Waals surface area contributed by atoms with Crippen molar-refractivity contribution in [3.8, 4) is 11.5 Å². The molecule has 2 aliphatic heterocycles. The minimum Gasteiger partial charge on any atom is -0.486 e. The van der Waals surface area contributed by atoms with Crippen molar-refractivity contribution in [2.24, 2.45) is 4.99 Å². The Labute approximate surface area is 92.9 Å². The molecule has 0 radical (unpaired) electrons. The Hall–Kier alpha value is -1.58. The van der Waals surface area contributed by atoms with Crippen LogP contribution in [0.2, 0.25) is 0 Å². The molecular formula is C12H12FNO2. The van der Waals surface area contributed by atoms with Gasteiger partial charge in [-0.25, -0.2) is 4.39 Å². The van der Waals surface area contributed by atoms with E-state index in [-0.39, 0.29) is 5.82 Å². The average molecular weight is 221 g/mol. The topological polar surface area (TPSA) is 30.8 Å². The molecule has 84 valence electrons. The van der Waals surface area contributed by atoms with Crippen LogP contribution in [0.1, 0.15) is 18.4 Å². The number of fused-ring (bicyclic) bond motifs is 1. The molecule has 0 amide bonds. The predicted octanol–water partition coefficient (Wildman–Crippen LogP) is 2.18. The first-order chi connectivity index (χ1) is 7.84. The molecular weight excluding hydrogens is 209 g/mol. The lowest BCUT2D eigenvalue weighted by molar-refractivity contribution is 0.170. The molecule has 0 spiro atoms. The van der Waals surface area contributed by atoms with Crippen molar-refractivity contribution in [2.45, 2.75) is 12.8 Å². The van der Waals surface area contributed by atoms with Crippen LogP contribution in [-0.2, 0) is 0 Å². The summed E-state index contributed by atoms with van der Waals surface area (Å²) >= 11 is 0. The zero-order chi connectivity index (χ0) is 11.0. The van der Waals surface area contributed by atoms with Gasteiger partial charge < -0.3 is 9.47 Å². The third kappa shape index (κ3) is 1.54. The van der Waals surface area contributed by atoms with Crippen LogP contribution < -0.4 is 9.47 Å². The van der Waals surface area contributed by atoms with E-state index in [2.05, 4.69) is 4.99 Å². The molecule has 1 aromatic carbocycles. The Balaban J connectivity index is 2.11. The highest BCUT2D eigenvalue weighted by atomic mass is 19.1. The standard InChI is InChI=1S/C12H12FNO2/c13-8-6-9(10-2-1-3-14-10)12-11(7-8)15-4-5-16-12/h6-7H,1-5H2. The van der Waals surface area contributed by atoms with Gasteiger partial charge in [0.25, 0.3) is 0 Å². The first kappa shape index (κ1) is 9.63. The second kappa shape index (κ2) is 3.77. The quantitative estimate of drug-likeness (QED) is 0.727. The van der Waals surface area contributed by atoms with Gasteiger partial charge in [-0.05, 0) is 18.9 Å². The highest BCUT2D eigenvalue weighted by molar-refractivity contribution is 6.04. The molecule has 0 aliphatic carbocycles. The summed E-state index contributed by atoms with van der Waals surface area (Å²) in [5.41, 5.74) is 1.69. The molecule has 0 saturated carbocycles. The van der Waals surface area contributed by atoms with Gasteiger partial charge in [0.1, 0.15) is 19.0 Å². The van der Waals surface area contributed by atoms with Gasteiger partial charge in [0, 0.05) is 23.9 Å². The number of benzene rings is 1. The molecule has 0 fully saturated rings. The highest BCUT2D eigenvalue weighted by Crippen LogP contribution is 2.36. The van der Waals surface area contributed by atoms with E-state index in [1.807, 2.05) is 0 Å². The summed E-state index contributed by atoms with van der Waals surface area (Å²) in [5.74, 6) is 0.845. The van der Waals surface area contributed by atoms with Crippen molar-refractivity contribution in [1.82, 2.24) is 0 Å². The second-order valence-corrected chi connectivity index (χ2v) is 3.91. The third-order valence-corrected chi connectivity index (χ3v) is 2.79. The average Bonchev–Trinajstić information content (AvgIpc) is 2.81. The highest BCUT2D eigenvalue weighted by Gasteiger charge is 2.22. The SMILES string of the molecule is Fc1cc2c(c(C3=NCCC3)c1)OCCO2. The molecule has 0 N–H and O–H groups in total. The summed E-state index contributed by atoms with van der Waals surface area (Å²) in [6.07, 6.45) is 1.92. The van der Waals surface area contributed by atoms with E-state index < -0.39 is 0 Å². The van der Waals surface area contributed by atoms with Crippen molar-refractivity contribution >= 4 is 5.71 Å². The van der Waals surface area contributed by atoms with Crippen molar-refractivity contribution in [2.75, 3.05) is 19.8 Å². The Morgan fingerprint density at radius 3 is 2.88 bits per heavy atom. The van der Waals surface area contributed by atoms with E-state index in [0.717, 1.165) is 30.7 Å². The van der Waals surface area contributed by atoms with Gasteiger partial charge >= 0.3 is 0 Å². The van der Waals surface area contributed by atoms with Crippen LogP contribution in [0.5, 0.6) is 11.5 Å². The maximum Gasteiger partial charge on any atom is 0.170 e. The first-order valence-electron chi connectivity index (χ1n) is 5.47. The number of rotatable bonds is 1. The smallest absolute Gasteiger partial charge is 0.170 e. The fourth-order valence-corrected chi connectivity index (χ4v) is 2.09.